The van der Waals surface area contributed by atoms with Crippen LogP contribution < -0.4 is 16.0 Å². The van der Waals surface area contributed by atoms with E-state index in [1.165, 1.54) is 0 Å². The zero-order valence-corrected chi connectivity index (χ0v) is 25.0. The number of hydrogen-bond donors (Lipinski definition) is 3. The summed E-state index contributed by atoms with van der Waals surface area (Å²) in [6.45, 7) is 4.00. The third-order valence-electron chi connectivity index (χ3n) is 7.73. The summed E-state index contributed by atoms with van der Waals surface area (Å²) in [6.07, 6.45) is 1.69. The number of rotatable bonds is 11. The lowest BCUT2D eigenvalue weighted by Crippen LogP contribution is -2.53. The SMILES string of the molecule is O=C(NCc1ccccc1)C1CC[N+](Cc2csc(Nc3ccccc3)n2)(Cc2csc(Nc3ccccc3)n2)CC1. The summed E-state index contributed by atoms with van der Waals surface area (Å²) in [7, 11) is 0. The number of nitrogens with one attached hydrogen (secondary N) is 3. The van der Waals surface area contributed by atoms with Gasteiger partial charge in [0.25, 0.3) is 0 Å². The van der Waals surface area contributed by atoms with Crippen molar-refractivity contribution in [2.24, 2.45) is 5.92 Å². The van der Waals surface area contributed by atoms with E-state index in [0.717, 1.165) is 82.1 Å². The Morgan fingerprint density at radius 2 is 1.19 bits per heavy atom. The van der Waals surface area contributed by atoms with Crippen molar-refractivity contribution in [3.63, 3.8) is 0 Å². The predicted octanol–water partition coefficient (Wildman–Crippen LogP) is 7.33. The topological polar surface area (TPSA) is 78.9 Å². The summed E-state index contributed by atoms with van der Waals surface area (Å²) in [6, 6.07) is 30.4. The zero-order chi connectivity index (χ0) is 28.6. The molecule has 0 aliphatic carbocycles. The van der Waals surface area contributed by atoms with Crippen LogP contribution in [0.1, 0.15) is 29.8 Å². The number of quaternary nitrogens is 1. The highest BCUT2D eigenvalue weighted by Crippen LogP contribution is 2.32. The minimum absolute atomic E-state index is 0.0245. The van der Waals surface area contributed by atoms with Gasteiger partial charge in [-0.15, -0.1) is 22.7 Å². The number of piperidine rings is 1. The Bertz CT molecular complexity index is 1480. The molecular formula is C33H35N6OS2+. The molecule has 0 bridgehead atoms. The normalized spacial score (nSPS) is 14.8. The summed E-state index contributed by atoms with van der Waals surface area (Å²) in [5, 5.41) is 16.1. The number of carbonyl (C=O) groups is 1. The number of nitrogens with zero attached hydrogens (tertiary/aromatic N) is 3. The van der Waals surface area contributed by atoms with E-state index < -0.39 is 0 Å². The first-order valence-electron chi connectivity index (χ1n) is 14.3. The number of amides is 1. The van der Waals surface area contributed by atoms with E-state index in [1.807, 2.05) is 91.0 Å². The van der Waals surface area contributed by atoms with E-state index in [1.54, 1.807) is 22.7 Å². The van der Waals surface area contributed by atoms with Gasteiger partial charge in [-0.2, -0.15) is 0 Å². The fourth-order valence-corrected chi connectivity index (χ4v) is 6.97. The van der Waals surface area contributed by atoms with E-state index in [4.69, 9.17) is 9.97 Å². The fraction of sp³-hybridized carbons (Fsp3) is 0.242. The first kappa shape index (κ1) is 28.1. The molecule has 1 saturated heterocycles. The van der Waals surface area contributed by atoms with Crippen LogP contribution in [0.15, 0.2) is 102 Å². The quantitative estimate of drug-likeness (QED) is 0.139. The Morgan fingerprint density at radius 3 is 1.69 bits per heavy atom. The summed E-state index contributed by atoms with van der Waals surface area (Å²) < 4.78 is 0.839. The first-order valence-corrected chi connectivity index (χ1v) is 16.1. The Kier molecular flexibility index (Phi) is 8.89. The molecule has 7 nitrogen and oxygen atoms in total. The molecule has 0 atom stereocenters. The lowest BCUT2D eigenvalue weighted by molar-refractivity contribution is -0.958. The van der Waals surface area contributed by atoms with Crippen molar-refractivity contribution in [2.75, 3.05) is 23.7 Å². The zero-order valence-electron chi connectivity index (χ0n) is 23.4. The lowest BCUT2D eigenvalue weighted by Gasteiger charge is -2.42. The summed E-state index contributed by atoms with van der Waals surface area (Å²) in [5.74, 6) is 0.180. The van der Waals surface area contributed by atoms with Crippen molar-refractivity contribution in [3.8, 4) is 0 Å². The van der Waals surface area contributed by atoms with Gasteiger partial charge in [-0.1, -0.05) is 66.7 Å². The number of likely N-dealkylation sites (tertiary alicyclic amines) is 1. The molecule has 214 valence electrons. The van der Waals surface area contributed by atoms with Crippen LogP contribution in [0, 0.1) is 5.92 Å². The van der Waals surface area contributed by atoms with Crippen LogP contribution in [-0.2, 0) is 24.4 Å². The van der Waals surface area contributed by atoms with Crippen molar-refractivity contribution in [2.45, 2.75) is 32.5 Å². The maximum atomic E-state index is 13.1. The Morgan fingerprint density at radius 1 is 0.714 bits per heavy atom. The van der Waals surface area contributed by atoms with Crippen LogP contribution in [0.5, 0.6) is 0 Å². The van der Waals surface area contributed by atoms with Crippen molar-refractivity contribution >= 4 is 50.2 Å². The van der Waals surface area contributed by atoms with Crippen LogP contribution in [0.2, 0.25) is 0 Å². The largest absolute Gasteiger partial charge is 0.352 e. The van der Waals surface area contributed by atoms with Gasteiger partial charge >= 0.3 is 0 Å². The lowest BCUT2D eigenvalue weighted by atomic mass is 9.93. The molecule has 3 N–H and O–H groups in total. The number of carbonyl (C=O) groups excluding carboxylic acids is 1. The molecule has 6 rings (SSSR count). The second-order valence-corrected chi connectivity index (χ2v) is 12.6. The molecule has 9 heteroatoms. The van der Waals surface area contributed by atoms with Gasteiger partial charge in [-0.25, -0.2) is 9.97 Å². The van der Waals surface area contributed by atoms with Crippen molar-refractivity contribution in [3.05, 3.63) is 119 Å². The number of thiazole rings is 2. The van der Waals surface area contributed by atoms with Gasteiger partial charge in [0, 0.05) is 47.4 Å². The molecule has 1 amide bonds. The predicted molar refractivity (Wildman–Crippen MR) is 172 cm³/mol. The Hall–Kier alpha value is -4.05. The molecule has 2 aromatic heterocycles. The molecule has 3 heterocycles. The van der Waals surface area contributed by atoms with Crippen LogP contribution in [0.4, 0.5) is 21.6 Å². The molecule has 1 fully saturated rings. The van der Waals surface area contributed by atoms with E-state index in [9.17, 15) is 4.79 Å². The maximum Gasteiger partial charge on any atom is 0.223 e. The van der Waals surface area contributed by atoms with E-state index in [2.05, 4.69) is 26.7 Å². The van der Waals surface area contributed by atoms with Crippen LogP contribution in [0.25, 0.3) is 0 Å². The summed E-state index contributed by atoms with van der Waals surface area (Å²) in [5.41, 5.74) is 5.33. The maximum absolute atomic E-state index is 13.1. The average molecular weight is 596 g/mol. The minimum Gasteiger partial charge on any atom is -0.352 e. The number of para-hydroxylation sites is 2. The molecule has 5 aromatic rings. The minimum atomic E-state index is 0.0245. The van der Waals surface area contributed by atoms with Gasteiger partial charge in [-0.05, 0) is 29.8 Å². The second-order valence-electron chi connectivity index (χ2n) is 10.9. The molecule has 0 radical (unpaired) electrons. The third-order valence-corrected chi connectivity index (χ3v) is 9.35. The molecule has 0 spiro atoms. The smallest absolute Gasteiger partial charge is 0.223 e. The first-order chi connectivity index (χ1) is 20.6. The number of aromatic nitrogens is 2. The molecule has 0 unspecified atom stereocenters. The van der Waals surface area contributed by atoms with Gasteiger partial charge in [-0.3, -0.25) is 4.79 Å². The fourth-order valence-electron chi connectivity index (χ4n) is 5.53. The third kappa shape index (κ3) is 7.42. The monoisotopic (exact) mass is 595 g/mol. The highest BCUT2D eigenvalue weighted by Gasteiger charge is 2.38. The van der Waals surface area contributed by atoms with Gasteiger partial charge in [0.05, 0.1) is 13.1 Å². The molecule has 0 saturated carbocycles. The number of hydrogen-bond acceptors (Lipinski definition) is 7. The van der Waals surface area contributed by atoms with Crippen molar-refractivity contribution < 1.29 is 9.28 Å². The highest BCUT2D eigenvalue weighted by molar-refractivity contribution is 7.14. The second kappa shape index (κ2) is 13.3. The van der Waals surface area contributed by atoms with E-state index in [0.29, 0.717) is 6.54 Å². The van der Waals surface area contributed by atoms with Gasteiger partial charge < -0.3 is 20.4 Å². The Labute approximate surface area is 254 Å². The van der Waals surface area contributed by atoms with Crippen LogP contribution in [0.3, 0.4) is 0 Å². The number of anilines is 4. The van der Waals surface area contributed by atoms with E-state index >= 15 is 0 Å². The summed E-state index contributed by atoms with van der Waals surface area (Å²) >= 11 is 3.27. The van der Waals surface area contributed by atoms with Crippen LogP contribution >= 0.6 is 22.7 Å². The van der Waals surface area contributed by atoms with E-state index in [-0.39, 0.29) is 11.8 Å². The molecule has 1 aliphatic rings. The highest BCUT2D eigenvalue weighted by atomic mass is 32.1. The average Bonchev–Trinajstić information content (AvgIpc) is 3.66. The van der Waals surface area contributed by atoms with Gasteiger partial charge in [0.15, 0.2) is 10.3 Å². The standard InChI is InChI=1S/C33H34N6OS2/c40-31(34-20-25-10-4-1-5-11-25)26-16-18-39(19-17-26,21-29-23-41-32(37-29)35-27-12-6-2-7-13-27)22-30-24-42-33(38-30)36-28-14-8-3-9-15-28/h1-15,23-24,26H,16-22H2,(H2-,34,35,36,37,38,40)/p+1. The molecule has 1 aliphatic heterocycles. The van der Waals surface area contributed by atoms with Gasteiger partial charge in [0.1, 0.15) is 24.5 Å². The number of benzene rings is 3. The molecular weight excluding hydrogens is 561 g/mol. The molecule has 42 heavy (non-hydrogen) atoms. The molecule has 3 aromatic carbocycles. The van der Waals surface area contributed by atoms with Crippen LogP contribution in [-0.4, -0.2) is 33.4 Å². The summed E-state index contributed by atoms with van der Waals surface area (Å²) in [4.78, 5) is 23.0. The van der Waals surface area contributed by atoms with Gasteiger partial charge in [0.2, 0.25) is 5.91 Å². The van der Waals surface area contributed by atoms with Crippen molar-refractivity contribution in [1.82, 2.24) is 15.3 Å². The Balaban J connectivity index is 1.14. The van der Waals surface area contributed by atoms with Crippen molar-refractivity contribution in [1.29, 1.82) is 0 Å².